The number of nitrogens with zero attached hydrogens (tertiary/aromatic N) is 3. The molecule has 6 heteroatoms. The van der Waals surface area contributed by atoms with E-state index in [4.69, 9.17) is 0 Å². The van der Waals surface area contributed by atoms with Gasteiger partial charge in [0.15, 0.2) is 0 Å². The number of fused-ring (bicyclic) bond motifs is 1. The maximum absolute atomic E-state index is 12.4. The molecule has 3 rings (SSSR count). The highest BCUT2D eigenvalue weighted by molar-refractivity contribution is 7.11. The van der Waals surface area contributed by atoms with Gasteiger partial charge < -0.3 is 5.32 Å². The standard InChI is InChI=1S/C16H22N4OS/c1-4-13-12(9-20(3)19-13)16(21)17-8-11-6-5-7-14-15(11)18-10(2)22-14/h9,11H,4-8H2,1-3H3,(H,17,21)/t11-/m0/s1. The van der Waals surface area contributed by atoms with Crippen LogP contribution in [0, 0.1) is 6.92 Å². The Bertz CT molecular complexity index is 688. The lowest BCUT2D eigenvalue weighted by atomic mass is 9.91. The van der Waals surface area contributed by atoms with Crippen molar-refractivity contribution in [2.24, 2.45) is 7.05 Å². The fourth-order valence-corrected chi connectivity index (χ4v) is 4.19. The topological polar surface area (TPSA) is 59.8 Å². The van der Waals surface area contributed by atoms with Crippen molar-refractivity contribution in [3.8, 4) is 0 Å². The van der Waals surface area contributed by atoms with Crippen LogP contribution in [0.25, 0.3) is 0 Å². The summed E-state index contributed by atoms with van der Waals surface area (Å²) in [7, 11) is 1.85. The molecule has 1 atom stereocenters. The first kappa shape index (κ1) is 15.2. The van der Waals surface area contributed by atoms with Gasteiger partial charge in [0.25, 0.3) is 5.91 Å². The Hall–Kier alpha value is -1.69. The third kappa shape index (κ3) is 2.92. The molecule has 0 aliphatic heterocycles. The van der Waals surface area contributed by atoms with Gasteiger partial charge in [0.1, 0.15) is 0 Å². The first-order chi connectivity index (χ1) is 10.6. The van der Waals surface area contributed by atoms with Crippen LogP contribution in [0.2, 0.25) is 0 Å². The number of hydrogen-bond donors (Lipinski definition) is 1. The maximum Gasteiger partial charge on any atom is 0.254 e. The zero-order valence-electron chi connectivity index (χ0n) is 13.3. The Labute approximate surface area is 134 Å². The molecule has 22 heavy (non-hydrogen) atoms. The number of carbonyl (C=O) groups excluding carboxylic acids is 1. The van der Waals surface area contributed by atoms with Crippen LogP contribution in [0.3, 0.4) is 0 Å². The van der Waals surface area contributed by atoms with Gasteiger partial charge in [-0.25, -0.2) is 4.98 Å². The van der Waals surface area contributed by atoms with Crippen LogP contribution < -0.4 is 5.32 Å². The molecular formula is C16H22N4OS. The molecule has 5 nitrogen and oxygen atoms in total. The fraction of sp³-hybridized carbons (Fsp3) is 0.562. The van der Waals surface area contributed by atoms with E-state index in [9.17, 15) is 4.79 Å². The van der Waals surface area contributed by atoms with Crippen molar-refractivity contribution in [1.82, 2.24) is 20.1 Å². The van der Waals surface area contributed by atoms with E-state index in [1.165, 1.54) is 17.0 Å². The van der Waals surface area contributed by atoms with E-state index in [1.54, 1.807) is 22.2 Å². The van der Waals surface area contributed by atoms with E-state index in [-0.39, 0.29) is 5.91 Å². The molecular weight excluding hydrogens is 296 g/mol. The minimum atomic E-state index is -0.0241. The van der Waals surface area contributed by atoms with Crippen molar-refractivity contribution in [3.05, 3.63) is 33.0 Å². The molecule has 2 aromatic heterocycles. The Morgan fingerprint density at radius 2 is 2.36 bits per heavy atom. The molecule has 1 aliphatic rings. The van der Waals surface area contributed by atoms with Gasteiger partial charge in [0.2, 0.25) is 0 Å². The molecule has 2 heterocycles. The van der Waals surface area contributed by atoms with E-state index in [1.807, 2.05) is 14.0 Å². The third-order valence-corrected chi connectivity index (χ3v) is 5.22. The Morgan fingerprint density at radius 1 is 1.55 bits per heavy atom. The van der Waals surface area contributed by atoms with Crippen LogP contribution in [0.15, 0.2) is 6.20 Å². The van der Waals surface area contributed by atoms with Gasteiger partial charge in [-0.1, -0.05) is 6.92 Å². The minimum absolute atomic E-state index is 0.0241. The summed E-state index contributed by atoms with van der Waals surface area (Å²) in [5.41, 5.74) is 2.75. The summed E-state index contributed by atoms with van der Waals surface area (Å²) in [5.74, 6) is 0.323. The lowest BCUT2D eigenvalue weighted by Gasteiger charge is -2.21. The van der Waals surface area contributed by atoms with Gasteiger partial charge in [0.05, 0.1) is 22.0 Å². The monoisotopic (exact) mass is 318 g/mol. The molecule has 0 saturated carbocycles. The summed E-state index contributed by atoms with van der Waals surface area (Å²) in [6, 6.07) is 0. The number of hydrogen-bond acceptors (Lipinski definition) is 4. The number of thiazole rings is 1. The van der Waals surface area contributed by atoms with Crippen molar-refractivity contribution in [3.63, 3.8) is 0 Å². The number of aromatic nitrogens is 3. The molecule has 0 spiro atoms. The lowest BCUT2D eigenvalue weighted by Crippen LogP contribution is -2.30. The molecule has 0 radical (unpaired) electrons. The highest BCUT2D eigenvalue weighted by atomic mass is 32.1. The first-order valence-corrected chi connectivity index (χ1v) is 8.67. The molecule has 2 aromatic rings. The SMILES string of the molecule is CCc1nn(C)cc1C(=O)NC[C@@H]1CCCc2sc(C)nc21. The van der Waals surface area contributed by atoms with Gasteiger partial charge >= 0.3 is 0 Å². The molecule has 1 aliphatic carbocycles. The van der Waals surface area contributed by atoms with Crippen LogP contribution in [-0.4, -0.2) is 27.2 Å². The summed E-state index contributed by atoms with van der Waals surface area (Å²) >= 11 is 1.80. The molecule has 0 bridgehead atoms. The number of carbonyl (C=O) groups is 1. The van der Waals surface area contributed by atoms with Crippen LogP contribution >= 0.6 is 11.3 Å². The Morgan fingerprint density at radius 3 is 3.14 bits per heavy atom. The third-order valence-electron chi connectivity index (χ3n) is 4.17. The van der Waals surface area contributed by atoms with Gasteiger partial charge in [0, 0.05) is 30.6 Å². The van der Waals surface area contributed by atoms with E-state index in [2.05, 4.69) is 22.3 Å². The van der Waals surface area contributed by atoms with Crippen LogP contribution in [0.4, 0.5) is 0 Å². The van der Waals surface area contributed by atoms with Crippen molar-refractivity contribution >= 4 is 17.2 Å². The number of amides is 1. The predicted octanol–water partition coefficient (Wildman–Crippen LogP) is 2.60. The predicted molar refractivity (Wildman–Crippen MR) is 87.4 cm³/mol. The summed E-state index contributed by atoms with van der Waals surface area (Å²) in [5, 5.41) is 8.54. The van der Waals surface area contributed by atoms with Gasteiger partial charge in [-0.15, -0.1) is 11.3 Å². The van der Waals surface area contributed by atoms with Crippen LogP contribution in [0.5, 0.6) is 0 Å². The van der Waals surface area contributed by atoms with E-state index < -0.39 is 0 Å². The Balaban J connectivity index is 1.69. The van der Waals surface area contributed by atoms with E-state index in [0.29, 0.717) is 18.0 Å². The number of nitrogens with one attached hydrogen (secondary N) is 1. The number of aryl methyl sites for hydroxylation is 4. The smallest absolute Gasteiger partial charge is 0.254 e. The zero-order valence-corrected chi connectivity index (χ0v) is 14.2. The lowest BCUT2D eigenvalue weighted by molar-refractivity contribution is 0.0949. The summed E-state index contributed by atoms with van der Waals surface area (Å²) < 4.78 is 1.70. The quantitative estimate of drug-likeness (QED) is 0.942. The molecule has 0 fully saturated rings. The fourth-order valence-electron chi connectivity index (χ4n) is 3.12. The van der Waals surface area contributed by atoms with Crippen molar-refractivity contribution < 1.29 is 4.79 Å². The molecule has 0 aromatic carbocycles. The second-order valence-corrected chi connectivity index (χ2v) is 7.14. The van der Waals surface area contributed by atoms with E-state index in [0.717, 1.165) is 30.0 Å². The normalized spacial score (nSPS) is 17.3. The summed E-state index contributed by atoms with van der Waals surface area (Å²) in [4.78, 5) is 18.5. The van der Waals surface area contributed by atoms with Gasteiger partial charge in [-0.3, -0.25) is 9.48 Å². The number of rotatable bonds is 4. The molecule has 1 N–H and O–H groups in total. The molecule has 0 unspecified atom stereocenters. The highest BCUT2D eigenvalue weighted by Crippen LogP contribution is 2.34. The second kappa shape index (κ2) is 6.20. The van der Waals surface area contributed by atoms with Crippen LogP contribution in [-0.2, 0) is 19.9 Å². The van der Waals surface area contributed by atoms with Gasteiger partial charge in [-0.2, -0.15) is 5.10 Å². The van der Waals surface area contributed by atoms with Crippen molar-refractivity contribution in [2.45, 2.75) is 45.4 Å². The minimum Gasteiger partial charge on any atom is -0.351 e. The average Bonchev–Trinajstić information content (AvgIpc) is 3.06. The molecule has 118 valence electrons. The van der Waals surface area contributed by atoms with E-state index >= 15 is 0 Å². The summed E-state index contributed by atoms with van der Waals surface area (Å²) in [6.07, 6.45) is 5.98. The Kier molecular flexibility index (Phi) is 4.29. The largest absolute Gasteiger partial charge is 0.351 e. The second-order valence-electron chi connectivity index (χ2n) is 5.86. The maximum atomic E-state index is 12.4. The summed E-state index contributed by atoms with van der Waals surface area (Å²) in [6.45, 7) is 4.74. The molecule has 0 saturated heterocycles. The van der Waals surface area contributed by atoms with Gasteiger partial charge in [-0.05, 0) is 32.6 Å². The van der Waals surface area contributed by atoms with Crippen molar-refractivity contribution in [1.29, 1.82) is 0 Å². The highest BCUT2D eigenvalue weighted by Gasteiger charge is 2.25. The molecule has 1 amide bonds. The van der Waals surface area contributed by atoms with Crippen molar-refractivity contribution in [2.75, 3.05) is 6.54 Å². The first-order valence-electron chi connectivity index (χ1n) is 7.85. The average molecular weight is 318 g/mol. The zero-order chi connectivity index (χ0) is 15.7. The van der Waals surface area contributed by atoms with Crippen LogP contribution in [0.1, 0.15) is 57.3 Å².